The third-order valence-electron chi connectivity index (χ3n) is 14.2. The smallest absolute Gasteiger partial charge is 0.309 e. The van der Waals surface area contributed by atoms with Crippen molar-refractivity contribution in [3.05, 3.63) is 103 Å². The normalized spacial score (nSPS) is 18.3. The Hall–Kier alpha value is -6.43. The van der Waals surface area contributed by atoms with Crippen LogP contribution in [0, 0.1) is 11.8 Å². The van der Waals surface area contributed by atoms with Crippen molar-refractivity contribution < 1.29 is 28.5 Å². The van der Waals surface area contributed by atoms with Crippen molar-refractivity contribution in [2.75, 3.05) is 83.1 Å². The van der Waals surface area contributed by atoms with Crippen LogP contribution in [-0.4, -0.2) is 125 Å². The molecule has 3 atom stereocenters. The molecule has 1 saturated carbocycles. The second kappa shape index (κ2) is 23.0. The van der Waals surface area contributed by atoms with Crippen LogP contribution in [0.2, 0.25) is 0 Å². The van der Waals surface area contributed by atoms with E-state index in [1.807, 2.05) is 53.4 Å². The highest BCUT2D eigenvalue weighted by atomic mass is 33.1. The molecule has 2 unspecified atom stereocenters. The van der Waals surface area contributed by atoms with Gasteiger partial charge in [-0.05, 0) is 148 Å². The predicted molar refractivity (Wildman–Crippen MR) is 287 cm³/mol. The number of imidazole rings is 2. The Kier molecular flexibility index (Phi) is 15.7. The van der Waals surface area contributed by atoms with E-state index in [-0.39, 0.29) is 29.8 Å². The van der Waals surface area contributed by atoms with E-state index in [1.165, 1.54) is 5.69 Å². The number of fused-ring (bicyclic) bond motifs is 2. The number of ether oxygens (including phenoxy) is 4. The summed E-state index contributed by atoms with van der Waals surface area (Å²) >= 11 is 0. The maximum Gasteiger partial charge on any atom is 0.309 e. The second-order valence-electron chi connectivity index (χ2n) is 18.9. The number of amides is 1. The molecule has 3 fully saturated rings. The van der Waals surface area contributed by atoms with Gasteiger partial charge in [0.1, 0.15) is 29.0 Å². The molecule has 72 heavy (non-hydrogen) atoms. The number of nitrogen functional groups attached to an aromatic ring is 1. The third kappa shape index (κ3) is 11.4. The van der Waals surface area contributed by atoms with Crippen LogP contribution in [0.1, 0.15) is 61.7 Å². The average Bonchev–Trinajstić information content (AvgIpc) is 4.25. The number of hydrogen-bond acceptors (Lipinski definition) is 14. The first kappa shape index (κ1) is 49.2. The lowest BCUT2D eigenvalue weighted by Crippen LogP contribution is -2.44. The standard InChI is InChI=1S/C55H63N9O6S2/c1-62-24-26-63(27-25-62)38-17-21-45-47(33-38)61-53(59-45)37-16-20-44-46(32-37)60-52(58-44)36-14-18-39(19-15-36)68-28-6-3-7-29-69-50-35-43(56)42(34-49(50)67-2)54(65)64-23-9-12-48(64)40-10-8-11-41(40)55(66)70-30-31-71-72-51-13-4-5-22-57-51/h4-5,13-22,32-35,40-41,48H,3,6-12,23-31,56H2,1-2H3,(H,58,60)(H,59,61)/t40?,41?,48-/m0/s1. The number of benzene rings is 4. The molecule has 0 spiro atoms. The lowest BCUT2D eigenvalue weighted by Gasteiger charge is -2.34. The molecule has 2 saturated heterocycles. The summed E-state index contributed by atoms with van der Waals surface area (Å²) in [6, 6.07) is 29.9. The number of hydrogen-bond donors (Lipinski definition) is 3. The molecular formula is C55H63N9O6S2. The van der Waals surface area contributed by atoms with E-state index in [0.717, 1.165) is 133 Å². The van der Waals surface area contributed by atoms with E-state index >= 15 is 0 Å². The van der Waals surface area contributed by atoms with Crippen LogP contribution in [0.3, 0.4) is 0 Å². The number of nitrogens with zero attached hydrogens (tertiary/aromatic N) is 6. The van der Waals surface area contributed by atoms with Gasteiger partial charge in [0.05, 0.1) is 53.9 Å². The van der Waals surface area contributed by atoms with Crippen molar-refractivity contribution in [1.82, 2.24) is 34.7 Å². The Morgan fingerprint density at radius 2 is 1.54 bits per heavy atom. The molecule has 0 bridgehead atoms. The number of likely N-dealkylation sites (tertiary alicyclic amines) is 1. The second-order valence-corrected chi connectivity index (χ2v) is 21.4. The quantitative estimate of drug-likeness (QED) is 0.0284. The first-order valence-corrected chi connectivity index (χ1v) is 27.5. The number of unbranched alkanes of at least 4 members (excludes halogenated alkanes) is 2. The molecule has 1 amide bonds. The molecule has 7 aromatic rings. The highest BCUT2D eigenvalue weighted by Gasteiger charge is 2.44. The number of aromatic amines is 2. The van der Waals surface area contributed by atoms with E-state index in [1.54, 1.807) is 47.0 Å². The number of aromatic nitrogens is 5. The zero-order valence-electron chi connectivity index (χ0n) is 41.0. The van der Waals surface area contributed by atoms with Gasteiger partial charge in [-0.2, -0.15) is 0 Å². The van der Waals surface area contributed by atoms with Crippen LogP contribution in [-0.2, 0) is 9.53 Å². The largest absolute Gasteiger partial charge is 0.494 e. The minimum atomic E-state index is -0.221. The first-order valence-electron chi connectivity index (χ1n) is 25.2. The summed E-state index contributed by atoms with van der Waals surface area (Å²) in [7, 11) is 6.93. The molecule has 15 nitrogen and oxygen atoms in total. The number of likely N-dealkylation sites (N-methyl/N-ethyl adjacent to an activating group) is 1. The van der Waals surface area contributed by atoms with E-state index in [9.17, 15) is 9.59 Å². The molecule has 5 heterocycles. The number of rotatable bonds is 20. The number of nitrogens with one attached hydrogen (secondary N) is 2. The Bertz CT molecular complexity index is 2960. The highest BCUT2D eigenvalue weighted by Crippen LogP contribution is 2.42. The van der Waals surface area contributed by atoms with Crippen molar-refractivity contribution in [1.29, 1.82) is 0 Å². The van der Waals surface area contributed by atoms with E-state index < -0.39 is 0 Å². The number of esters is 1. The fourth-order valence-corrected chi connectivity index (χ4v) is 12.1. The van der Waals surface area contributed by atoms with Crippen LogP contribution < -0.4 is 24.8 Å². The summed E-state index contributed by atoms with van der Waals surface area (Å²) in [5.41, 5.74) is 14.3. The fraction of sp³-hybridized carbons (Fsp3) is 0.400. The number of carbonyl (C=O) groups is 2. The maximum absolute atomic E-state index is 14.2. The Morgan fingerprint density at radius 3 is 2.36 bits per heavy atom. The summed E-state index contributed by atoms with van der Waals surface area (Å²) in [4.78, 5) is 55.4. The zero-order valence-corrected chi connectivity index (χ0v) is 42.7. The Morgan fingerprint density at radius 1 is 0.750 bits per heavy atom. The van der Waals surface area contributed by atoms with Crippen LogP contribution in [0.5, 0.6) is 17.2 Å². The lowest BCUT2D eigenvalue weighted by atomic mass is 9.87. The average molecular weight is 1010 g/mol. The van der Waals surface area contributed by atoms with Crippen molar-refractivity contribution in [2.45, 2.75) is 62.4 Å². The van der Waals surface area contributed by atoms with Gasteiger partial charge in [-0.3, -0.25) is 9.59 Å². The van der Waals surface area contributed by atoms with Gasteiger partial charge in [0.25, 0.3) is 5.91 Å². The third-order valence-corrected chi connectivity index (χ3v) is 16.4. The van der Waals surface area contributed by atoms with Gasteiger partial charge in [-0.1, -0.05) is 23.3 Å². The van der Waals surface area contributed by atoms with Crippen LogP contribution in [0.4, 0.5) is 11.4 Å². The van der Waals surface area contributed by atoms with E-state index in [0.29, 0.717) is 54.9 Å². The molecule has 0 radical (unpaired) electrons. The van der Waals surface area contributed by atoms with E-state index in [4.69, 9.17) is 34.6 Å². The number of nitrogens with two attached hydrogens (primary N) is 1. The molecule has 376 valence electrons. The SMILES string of the molecule is COc1cc(C(=O)N2CCC[C@H]2C2CCCC2C(=O)OCCSSc2ccccn2)c(N)cc1OCCCCCOc1ccc(-c2nc3ccc(-c4nc5cc(N6CCN(C)CC6)ccc5[nH]4)cc3[nH]2)cc1. The molecule has 4 aromatic carbocycles. The monoisotopic (exact) mass is 1010 g/mol. The number of methoxy groups -OCH3 is 1. The topological polar surface area (TPSA) is 177 Å². The molecule has 4 N–H and O–H groups in total. The first-order chi connectivity index (χ1) is 35.3. The van der Waals surface area contributed by atoms with Crippen LogP contribution in [0.15, 0.2) is 102 Å². The van der Waals surface area contributed by atoms with Crippen molar-refractivity contribution in [3.63, 3.8) is 0 Å². The number of anilines is 2. The van der Waals surface area contributed by atoms with Gasteiger partial charge in [0, 0.05) is 79.3 Å². The summed E-state index contributed by atoms with van der Waals surface area (Å²) in [5.74, 6) is 3.59. The summed E-state index contributed by atoms with van der Waals surface area (Å²) in [5, 5.41) is 0.927. The summed E-state index contributed by atoms with van der Waals surface area (Å²) < 4.78 is 23.7. The Labute approximate surface area is 428 Å². The number of carbonyl (C=O) groups excluding carboxylic acids is 2. The molecule has 17 heteroatoms. The Balaban J connectivity index is 0.662. The molecule has 3 aliphatic rings. The van der Waals surface area contributed by atoms with Crippen LogP contribution in [0.25, 0.3) is 44.8 Å². The van der Waals surface area contributed by atoms with Crippen molar-refractivity contribution in [3.8, 4) is 40.0 Å². The van der Waals surface area contributed by atoms with Gasteiger partial charge >= 0.3 is 5.97 Å². The van der Waals surface area contributed by atoms with Crippen molar-refractivity contribution in [2.24, 2.45) is 11.8 Å². The molecule has 2 aliphatic heterocycles. The summed E-state index contributed by atoms with van der Waals surface area (Å²) in [6.07, 6.45) is 8.66. The fourth-order valence-electron chi connectivity index (χ4n) is 10.3. The molecule has 1 aliphatic carbocycles. The van der Waals surface area contributed by atoms with Gasteiger partial charge in [0.2, 0.25) is 0 Å². The van der Waals surface area contributed by atoms with Gasteiger partial charge < -0.3 is 49.3 Å². The van der Waals surface area contributed by atoms with Gasteiger partial charge in [0.15, 0.2) is 11.5 Å². The zero-order chi connectivity index (χ0) is 49.4. The summed E-state index contributed by atoms with van der Waals surface area (Å²) in [6.45, 7) is 6.16. The predicted octanol–water partition coefficient (Wildman–Crippen LogP) is 10.1. The number of pyridine rings is 1. The van der Waals surface area contributed by atoms with Crippen LogP contribution >= 0.6 is 21.6 Å². The molecular weight excluding hydrogens is 947 g/mol. The van der Waals surface area contributed by atoms with Crippen molar-refractivity contribution >= 4 is 66.9 Å². The minimum Gasteiger partial charge on any atom is -0.494 e. The minimum absolute atomic E-state index is 0.0493. The molecule has 10 rings (SSSR count). The number of H-pyrrole nitrogens is 2. The van der Waals surface area contributed by atoms with Gasteiger partial charge in [-0.15, -0.1) is 0 Å². The lowest BCUT2D eigenvalue weighted by molar-refractivity contribution is -0.149. The highest BCUT2D eigenvalue weighted by molar-refractivity contribution is 8.76. The van der Waals surface area contributed by atoms with Gasteiger partial charge in [-0.25, -0.2) is 15.0 Å². The maximum atomic E-state index is 14.2. The molecule has 3 aromatic heterocycles. The number of piperazine rings is 1. The van der Waals surface area contributed by atoms with E-state index in [2.05, 4.69) is 62.1 Å².